The molecule has 1 aromatic carbocycles. The zero-order chi connectivity index (χ0) is 12.2. The van der Waals surface area contributed by atoms with Crippen molar-refractivity contribution in [2.24, 2.45) is 5.92 Å². The Kier molecular flexibility index (Phi) is 4.30. The van der Waals surface area contributed by atoms with E-state index in [4.69, 9.17) is 0 Å². The first-order valence-electron chi connectivity index (χ1n) is 5.60. The molecule has 0 fully saturated rings. The van der Waals surface area contributed by atoms with E-state index in [9.17, 15) is 9.50 Å². The fraction of sp³-hybridized carbons (Fsp3) is 0.538. The fourth-order valence-electron chi connectivity index (χ4n) is 1.97. The minimum Gasteiger partial charge on any atom is -0.394 e. The summed E-state index contributed by atoms with van der Waals surface area (Å²) in [5.41, 5.74) is 0.305. The number of rotatable bonds is 5. The van der Waals surface area contributed by atoms with Crippen molar-refractivity contribution < 1.29 is 9.50 Å². The van der Waals surface area contributed by atoms with Crippen LogP contribution in [0.1, 0.15) is 27.2 Å². The van der Waals surface area contributed by atoms with E-state index in [0.717, 1.165) is 6.42 Å². The molecule has 1 rings (SSSR count). The van der Waals surface area contributed by atoms with Crippen molar-refractivity contribution in [3.05, 3.63) is 30.1 Å². The zero-order valence-electron chi connectivity index (χ0n) is 10.1. The number of nitrogens with one attached hydrogen (secondary N) is 1. The molecule has 0 bridgehead atoms. The molecular weight excluding hydrogens is 205 g/mol. The first-order valence-corrected chi connectivity index (χ1v) is 5.60. The minimum absolute atomic E-state index is 0.0295. The molecule has 0 saturated carbocycles. The maximum absolute atomic E-state index is 13.0. The summed E-state index contributed by atoms with van der Waals surface area (Å²) < 4.78 is 13.0. The van der Waals surface area contributed by atoms with E-state index in [1.807, 2.05) is 6.92 Å². The third-order valence-corrected chi connectivity index (χ3v) is 2.48. The van der Waals surface area contributed by atoms with E-state index in [2.05, 4.69) is 19.2 Å². The van der Waals surface area contributed by atoms with Crippen LogP contribution < -0.4 is 5.32 Å². The van der Waals surface area contributed by atoms with Gasteiger partial charge >= 0.3 is 0 Å². The molecule has 0 spiro atoms. The predicted octanol–water partition coefficient (Wildman–Crippen LogP) is 3.03. The lowest BCUT2D eigenvalue weighted by Crippen LogP contribution is -2.40. The Morgan fingerprint density at radius 3 is 2.62 bits per heavy atom. The topological polar surface area (TPSA) is 32.3 Å². The molecular formula is C13H20FNO. The summed E-state index contributed by atoms with van der Waals surface area (Å²) >= 11 is 0. The SMILES string of the molecule is CC(C)CC(C)(CO)Nc1cccc(F)c1. The van der Waals surface area contributed by atoms with E-state index < -0.39 is 5.54 Å². The van der Waals surface area contributed by atoms with Crippen molar-refractivity contribution in [1.29, 1.82) is 0 Å². The van der Waals surface area contributed by atoms with Gasteiger partial charge in [0, 0.05) is 5.69 Å². The molecule has 0 amide bonds. The molecule has 0 aliphatic heterocycles. The normalized spacial score (nSPS) is 14.9. The van der Waals surface area contributed by atoms with Crippen molar-refractivity contribution in [1.82, 2.24) is 0 Å². The molecule has 0 aliphatic carbocycles. The van der Waals surface area contributed by atoms with Crippen LogP contribution >= 0.6 is 0 Å². The molecule has 3 heteroatoms. The van der Waals surface area contributed by atoms with Gasteiger partial charge in [-0.2, -0.15) is 0 Å². The Morgan fingerprint density at radius 1 is 1.44 bits per heavy atom. The third kappa shape index (κ3) is 3.81. The summed E-state index contributed by atoms with van der Waals surface area (Å²) in [4.78, 5) is 0. The Hall–Kier alpha value is -1.09. The van der Waals surface area contributed by atoms with Crippen molar-refractivity contribution in [3.8, 4) is 0 Å². The van der Waals surface area contributed by atoms with Crippen LogP contribution in [0.15, 0.2) is 24.3 Å². The van der Waals surface area contributed by atoms with Gasteiger partial charge in [-0.3, -0.25) is 0 Å². The van der Waals surface area contributed by atoms with Crippen molar-refractivity contribution in [2.45, 2.75) is 32.7 Å². The lowest BCUT2D eigenvalue weighted by Gasteiger charge is -2.31. The van der Waals surface area contributed by atoms with E-state index >= 15 is 0 Å². The van der Waals surface area contributed by atoms with Crippen LogP contribution in [0.2, 0.25) is 0 Å². The maximum atomic E-state index is 13.0. The van der Waals surface area contributed by atoms with Crippen LogP contribution in [0.25, 0.3) is 0 Å². The van der Waals surface area contributed by atoms with Gasteiger partial charge in [0.1, 0.15) is 5.82 Å². The Balaban J connectivity index is 2.76. The zero-order valence-corrected chi connectivity index (χ0v) is 10.1. The summed E-state index contributed by atoms with van der Waals surface area (Å²) in [7, 11) is 0. The van der Waals surface area contributed by atoms with E-state index in [1.165, 1.54) is 12.1 Å². The van der Waals surface area contributed by atoms with Gasteiger partial charge in [-0.25, -0.2) is 4.39 Å². The van der Waals surface area contributed by atoms with Gasteiger partial charge in [-0.05, 0) is 37.5 Å². The number of benzene rings is 1. The highest BCUT2D eigenvalue weighted by atomic mass is 19.1. The molecule has 0 heterocycles. The first-order chi connectivity index (χ1) is 7.45. The van der Waals surface area contributed by atoms with Crippen LogP contribution in [-0.4, -0.2) is 17.3 Å². The second-order valence-electron chi connectivity index (χ2n) is 4.95. The summed E-state index contributed by atoms with van der Waals surface area (Å²) in [5.74, 6) is 0.202. The van der Waals surface area contributed by atoms with E-state index in [1.54, 1.807) is 12.1 Å². The van der Waals surface area contributed by atoms with Crippen molar-refractivity contribution in [2.75, 3.05) is 11.9 Å². The second-order valence-corrected chi connectivity index (χ2v) is 4.95. The summed E-state index contributed by atoms with van der Waals surface area (Å²) in [6.07, 6.45) is 0.833. The largest absolute Gasteiger partial charge is 0.394 e. The highest BCUT2D eigenvalue weighted by molar-refractivity contribution is 5.45. The average Bonchev–Trinajstić information content (AvgIpc) is 2.16. The van der Waals surface area contributed by atoms with Gasteiger partial charge < -0.3 is 10.4 Å². The highest BCUT2D eigenvalue weighted by Crippen LogP contribution is 2.22. The summed E-state index contributed by atoms with van der Waals surface area (Å²) in [5, 5.41) is 12.6. The van der Waals surface area contributed by atoms with Gasteiger partial charge in [-0.1, -0.05) is 19.9 Å². The molecule has 0 saturated heterocycles. The number of aliphatic hydroxyl groups is 1. The van der Waals surface area contributed by atoms with Gasteiger partial charge in [-0.15, -0.1) is 0 Å². The smallest absolute Gasteiger partial charge is 0.125 e. The standard InChI is InChI=1S/C13H20FNO/c1-10(2)8-13(3,9-16)15-12-6-4-5-11(14)7-12/h4-7,10,15-16H,8-9H2,1-3H3. The lowest BCUT2D eigenvalue weighted by molar-refractivity contribution is 0.202. The molecule has 90 valence electrons. The Morgan fingerprint density at radius 2 is 2.12 bits per heavy atom. The van der Waals surface area contributed by atoms with Crippen LogP contribution in [0, 0.1) is 11.7 Å². The van der Waals surface area contributed by atoms with Crippen LogP contribution in [0.4, 0.5) is 10.1 Å². The highest BCUT2D eigenvalue weighted by Gasteiger charge is 2.24. The van der Waals surface area contributed by atoms with Crippen molar-refractivity contribution in [3.63, 3.8) is 0 Å². The Labute approximate surface area is 96.5 Å². The monoisotopic (exact) mass is 225 g/mol. The molecule has 2 nitrogen and oxygen atoms in total. The number of hydrogen-bond donors (Lipinski definition) is 2. The predicted molar refractivity (Wildman–Crippen MR) is 65.0 cm³/mol. The minimum atomic E-state index is -0.401. The number of hydrogen-bond acceptors (Lipinski definition) is 2. The fourth-order valence-corrected chi connectivity index (χ4v) is 1.97. The number of halogens is 1. The summed E-state index contributed by atoms with van der Waals surface area (Å²) in [6.45, 7) is 6.17. The molecule has 0 radical (unpaired) electrons. The summed E-state index contributed by atoms with van der Waals surface area (Å²) in [6, 6.07) is 6.31. The second kappa shape index (κ2) is 5.30. The quantitative estimate of drug-likeness (QED) is 0.807. The van der Waals surface area contributed by atoms with Crippen molar-refractivity contribution >= 4 is 5.69 Å². The molecule has 1 unspecified atom stereocenters. The molecule has 0 aliphatic rings. The molecule has 16 heavy (non-hydrogen) atoms. The lowest BCUT2D eigenvalue weighted by atomic mass is 9.91. The molecule has 2 N–H and O–H groups in total. The first kappa shape index (κ1) is 13.0. The van der Waals surface area contributed by atoms with Gasteiger partial charge in [0.05, 0.1) is 12.1 Å². The maximum Gasteiger partial charge on any atom is 0.125 e. The third-order valence-electron chi connectivity index (χ3n) is 2.48. The van der Waals surface area contributed by atoms with Crippen LogP contribution in [-0.2, 0) is 0 Å². The van der Waals surface area contributed by atoms with Crippen LogP contribution in [0.5, 0.6) is 0 Å². The van der Waals surface area contributed by atoms with E-state index in [0.29, 0.717) is 11.6 Å². The Bertz CT molecular complexity index is 340. The number of aliphatic hydroxyl groups excluding tert-OH is 1. The molecule has 1 aromatic rings. The van der Waals surface area contributed by atoms with Gasteiger partial charge in [0.2, 0.25) is 0 Å². The average molecular weight is 225 g/mol. The van der Waals surface area contributed by atoms with Crippen LogP contribution in [0.3, 0.4) is 0 Å². The number of anilines is 1. The van der Waals surface area contributed by atoms with E-state index in [-0.39, 0.29) is 12.4 Å². The van der Waals surface area contributed by atoms with Gasteiger partial charge in [0.15, 0.2) is 0 Å². The van der Waals surface area contributed by atoms with Gasteiger partial charge in [0.25, 0.3) is 0 Å². The molecule has 1 atom stereocenters. The molecule has 0 aromatic heterocycles.